The van der Waals surface area contributed by atoms with E-state index >= 15 is 0 Å². The van der Waals surface area contributed by atoms with Gasteiger partial charge in [0.25, 0.3) is 0 Å². The summed E-state index contributed by atoms with van der Waals surface area (Å²) in [6.45, 7) is 2.52. The summed E-state index contributed by atoms with van der Waals surface area (Å²) in [5.41, 5.74) is 2.96. The summed E-state index contributed by atoms with van der Waals surface area (Å²) < 4.78 is 16.0. The molecule has 0 fully saturated rings. The second-order valence-corrected chi connectivity index (χ2v) is 4.67. The molecule has 110 valence electrons. The third kappa shape index (κ3) is 3.95. The van der Waals surface area contributed by atoms with Gasteiger partial charge in [-0.1, -0.05) is 5.16 Å². The molecule has 1 N–H and O–H groups in total. The molecule has 0 atom stereocenters. The number of ether oxygens (including phenoxy) is 3. The third-order valence-corrected chi connectivity index (χ3v) is 3.27. The zero-order chi connectivity index (χ0) is 14.2. The van der Waals surface area contributed by atoms with E-state index in [0.29, 0.717) is 19.8 Å². The van der Waals surface area contributed by atoms with Crippen molar-refractivity contribution in [1.82, 2.24) is 0 Å². The van der Waals surface area contributed by atoms with Crippen LogP contribution in [0, 0.1) is 0 Å². The Labute approximate surface area is 119 Å². The number of methoxy groups -OCH3 is 1. The van der Waals surface area contributed by atoms with Gasteiger partial charge < -0.3 is 19.4 Å². The van der Waals surface area contributed by atoms with Crippen LogP contribution >= 0.6 is 0 Å². The molecule has 0 saturated carbocycles. The van der Waals surface area contributed by atoms with Crippen LogP contribution in [0.4, 0.5) is 0 Å². The molecule has 0 saturated heterocycles. The number of hydrogen-bond acceptors (Lipinski definition) is 5. The molecule has 0 radical (unpaired) electrons. The van der Waals surface area contributed by atoms with Gasteiger partial charge in [-0.05, 0) is 43.0 Å². The van der Waals surface area contributed by atoms with Gasteiger partial charge in [0.15, 0.2) is 0 Å². The van der Waals surface area contributed by atoms with Crippen molar-refractivity contribution < 1.29 is 19.4 Å². The molecule has 0 spiro atoms. The minimum Gasteiger partial charge on any atom is -0.491 e. The maximum Gasteiger partial charge on any atom is 0.119 e. The predicted octanol–water partition coefficient (Wildman–Crippen LogP) is 2.24. The second-order valence-electron chi connectivity index (χ2n) is 4.67. The van der Waals surface area contributed by atoms with Crippen LogP contribution < -0.4 is 4.74 Å². The summed E-state index contributed by atoms with van der Waals surface area (Å²) in [4.78, 5) is 0. The highest BCUT2D eigenvalue weighted by Gasteiger charge is 2.18. The largest absolute Gasteiger partial charge is 0.491 e. The normalized spacial score (nSPS) is 15.6. The van der Waals surface area contributed by atoms with Gasteiger partial charge in [-0.25, -0.2) is 0 Å². The average Bonchev–Trinajstić information content (AvgIpc) is 2.88. The lowest BCUT2D eigenvalue weighted by Gasteiger charge is -2.08. The third-order valence-electron chi connectivity index (χ3n) is 3.27. The molecule has 1 aliphatic rings. The van der Waals surface area contributed by atoms with Crippen molar-refractivity contribution in [3.63, 3.8) is 0 Å². The van der Waals surface area contributed by atoms with E-state index in [0.717, 1.165) is 42.9 Å². The van der Waals surface area contributed by atoms with E-state index in [1.807, 2.05) is 18.2 Å². The van der Waals surface area contributed by atoms with E-state index in [1.165, 1.54) is 5.56 Å². The second kappa shape index (κ2) is 7.87. The first-order valence-electron chi connectivity index (χ1n) is 6.89. The lowest BCUT2D eigenvalue weighted by molar-refractivity contribution is 0.0806. The first kappa shape index (κ1) is 14.8. The first-order valence-corrected chi connectivity index (χ1v) is 6.89. The van der Waals surface area contributed by atoms with E-state index in [1.54, 1.807) is 7.11 Å². The highest BCUT2D eigenvalue weighted by atomic mass is 16.5. The Morgan fingerprint density at radius 2 is 2.05 bits per heavy atom. The summed E-state index contributed by atoms with van der Waals surface area (Å²) in [5.74, 6) is 0.837. The van der Waals surface area contributed by atoms with Gasteiger partial charge in [0, 0.05) is 25.9 Å². The Morgan fingerprint density at radius 1 is 1.15 bits per heavy atom. The van der Waals surface area contributed by atoms with Crippen LogP contribution in [0.1, 0.15) is 24.0 Å². The fourth-order valence-corrected chi connectivity index (χ4v) is 2.27. The van der Waals surface area contributed by atoms with Crippen LogP contribution in [-0.4, -0.2) is 44.5 Å². The zero-order valence-corrected chi connectivity index (χ0v) is 11.8. The Morgan fingerprint density at radius 3 is 2.85 bits per heavy atom. The molecule has 0 heterocycles. The van der Waals surface area contributed by atoms with E-state index in [9.17, 15) is 0 Å². The van der Waals surface area contributed by atoms with Crippen LogP contribution in [0.5, 0.6) is 5.75 Å². The molecule has 20 heavy (non-hydrogen) atoms. The van der Waals surface area contributed by atoms with E-state index < -0.39 is 0 Å². The van der Waals surface area contributed by atoms with Crippen LogP contribution in [-0.2, 0) is 15.9 Å². The highest BCUT2D eigenvalue weighted by molar-refractivity contribution is 6.04. The van der Waals surface area contributed by atoms with Crippen molar-refractivity contribution in [3.05, 3.63) is 29.3 Å². The standard InChI is InChI=1S/C15H21NO4/c1-18-7-2-8-19-9-10-20-13-4-5-14-12(11-13)3-6-15(14)16-17/h4-5,11,17H,2-3,6-10H2,1H3/b16-15+. The van der Waals surface area contributed by atoms with Gasteiger partial charge in [-0.3, -0.25) is 0 Å². The van der Waals surface area contributed by atoms with Crippen molar-refractivity contribution >= 4 is 5.71 Å². The zero-order valence-electron chi connectivity index (χ0n) is 11.8. The molecule has 1 aromatic rings. The summed E-state index contributed by atoms with van der Waals surface area (Å²) in [7, 11) is 1.68. The van der Waals surface area contributed by atoms with Crippen LogP contribution in [0.15, 0.2) is 23.4 Å². The summed E-state index contributed by atoms with van der Waals surface area (Å²) >= 11 is 0. The van der Waals surface area contributed by atoms with Gasteiger partial charge in [0.1, 0.15) is 12.4 Å². The molecule has 1 aliphatic carbocycles. The monoisotopic (exact) mass is 279 g/mol. The number of rotatable bonds is 8. The molecule has 0 bridgehead atoms. The maximum absolute atomic E-state index is 8.88. The molecule has 2 rings (SSSR count). The number of benzene rings is 1. The van der Waals surface area contributed by atoms with Gasteiger partial charge in [-0.2, -0.15) is 0 Å². The topological polar surface area (TPSA) is 60.3 Å². The summed E-state index contributed by atoms with van der Waals surface area (Å²) in [5, 5.41) is 12.2. The first-order chi connectivity index (χ1) is 9.85. The highest BCUT2D eigenvalue weighted by Crippen LogP contribution is 2.26. The summed E-state index contributed by atoms with van der Waals surface area (Å²) in [6.07, 6.45) is 2.59. The fraction of sp³-hybridized carbons (Fsp3) is 0.533. The molecule has 5 nitrogen and oxygen atoms in total. The molecule has 0 unspecified atom stereocenters. The van der Waals surface area contributed by atoms with Gasteiger partial charge in [0.05, 0.1) is 12.3 Å². The van der Waals surface area contributed by atoms with Crippen molar-refractivity contribution in [2.45, 2.75) is 19.3 Å². The average molecular weight is 279 g/mol. The quantitative estimate of drug-likeness (QED) is 0.450. The Bertz CT molecular complexity index is 459. The Kier molecular flexibility index (Phi) is 5.83. The molecule has 0 aliphatic heterocycles. The minimum atomic E-state index is 0.534. The maximum atomic E-state index is 8.88. The predicted molar refractivity (Wildman–Crippen MR) is 75.9 cm³/mol. The lowest BCUT2D eigenvalue weighted by atomic mass is 10.1. The molecule has 1 aromatic carbocycles. The van der Waals surface area contributed by atoms with Gasteiger partial charge >= 0.3 is 0 Å². The van der Waals surface area contributed by atoms with E-state index in [2.05, 4.69) is 5.16 Å². The number of aryl methyl sites for hydroxylation is 1. The molecule has 0 aromatic heterocycles. The van der Waals surface area contributed by atoms with Gasteiger partial charge in [0.2, 0.25) is 0 Å². The molecular formula is C15H21NO4. The molecular weight excluding hydrogens is 258 g/mol. The van der Waals surface area contributed by atoms with Crippen molar-refractivity contribution in [2.24, 2.45) is 5.16 Å². The number of fused-ring (bicyclic) bond motifs is 1. The van der Waals surface area contributed by atoms with Crippen LogP contribution in [0.25, 0.3) is 0 Å². The van der Waals surface area contributed by atoms with Gasteiger partial charge in [-0.15, -0.1) is 0 Å². The molecule has 5 heteroatoms. The van der Waals surface area contributed by atoms with Crippen molar-refractivity contribution in [3.8, 4) is 5.75 Å². The molecule has 0 amide bonds. The van der Waals surface area contributed by atoms with Crippen LogP contribution in [0.3, 0.4) is 0 Å². The number of nitrogens with zero attached hydrogens (tertiary/aromatic N) is 1. The summed E-state index contributed by atoms with van der Waals surface area (Å²) in [6, 6.07) is 5.87. The number of oxime groups is 1. The Hall–Kier alpha value is -1.59. The van der Waals surface area contributed by atoms with E-state index in [-0.39, 0.29) is 0 Å². The fourth-order valence-electron chi connectivity index (χ4n) is 2.27. The minimum absolute atomic E-state index is 0.534. The SMILES string of the molecule is COCCCOCCOc1ccc2c(c1)CC/C2=N\O. The number of hydrogen-bond donors (Lipinski definition) is 1. The van der Waals surface area contributed by atoms with Crippen molar-refractivity contribution in [2.75, 3.05) is 33.5 Å². The van der Waals surface area contributed by atoms with Crippen LogP contribution in [0.2, 0.25) is 0 Å². The lowest BCUT2D eigenvalue weighted by Crippen LogP contribution is -2.08. The smallest absolute Gasteiger partial charge is 0.119 e. The Balaban J connectivity index is 1.72. The van der Waals surface area contributed by atoms with E-state index in [4.69, 9.17) is 19.4 Å². The van der Waals surface area contributed by atoms with Crippen molar-refractivity contribution in [1.29, 1.82) is 0 Å².